The van der Waals surface area contributed by atoms with Crippen molar-refractivity contribution in [2.45, 2.75) is 12.7 Å². The van der Waals surface area contributed by atoms with Gasteiger partial charge in [0.2, 0.25) is 5.82 Å². The van der Waals surface area contributed by atoms with Gasteiger partial charge in [-0.1, -0.05) is 5.16 Å². The second-order valence-corrected chi connectivity index (χ2v) is 7.33. The molecule has 0 aliphatic heterocycles. The Labute approximate surface area is 175 Å². The second-order valence-electron chi connectivity index (χ2n) is 6.16. The largest absolute Gasteiger partial charge is 0.471 e. The predicted molar refractivity (Wildman–Crippen MR) is 101 cm³/mol. The maximum absolute atomic E-state index is 12.7. The Balaban J connectivity index is 1.47. The summed E-state index contributed by atoms with van der Waals surface area (Å²) in [5.74, 6) is -0.415. The zero-order valence-electron chi connectivity index (χ0n) is 15.3. The van der Waals surface area contributed by atoms with Crippen LogP contribution in [0.5, 0.6) is 0 Å². The van der Waals surface area contributed by atoms with Gasteiger partial charge in [0.15, 0.2) is 17.3 Å². The van der Waals surface area contributed by atoms with Gasteiger partial charge in [0.05, 0.1) is 17.6 Å². The highest BCUT2D eigenvalue weighted by Crippen LogP contribution is 2.33. The average molecular weight is 445 g/mol. The molecule has 31 heavy (non-hydrogen) atoms. The molecule has 0 aliphatic rings. The molecular weight excluding hydrogens is 435 g/mol. The van der Waals surface area contributed by atoms with Crippen LogP contribution in [0.3, 0.4) is 0 Å². The van der Waals surface area contributed by atoms with Crippen molar-refractivity contribution in [1.82, 2.24) is 39.9 Å². The molecule has 0 fully saturated rings. The number of nitrogens with zero attached hydrogens (tertiary/aromatic N) is 9. The quantitative estimate of drug-likeness (QED) is 0.402. The highest BCUT2D eigenvalue weighted by atomic mass is 32.1. The summed E-state index contributed by atoms with van der Waals surface area (Å²) in [5, 5.41) is 15.7. The van der Waals surface area contributed by atoms with Crippen molar-refractivity contribution >= 4 is 28.6 Å². The fourth-order valence-corrected chi connectivity index (χ4v) is 3.67. The van der Waals surface area contributed by atoms with Crippen LogP contribution in [0.4, 0.5) is 24.8 Å². The van der Waals surface area contributed by atoms with Gasteiger partial charge >= 0.3 is 12.1 Å². The number of thiophene rings is 1. The fourth-order valence-electron chi connectivity index (χ4n) is 2.75. The van der Waals surface area contributed by atoms with Gasteiger partial charge in [-0.25, -0.2) is 4.98 Å². The molecule has 156 valence electrons. The number of rotatable bonds is 5. The van der Waals surface area contributed by atoms with Crippen LogP contribution < -0.4 is 4.90 Å². The molecule has 0 aromatic carbocycles. The molecule has 5 heterocycles. The van der Waals surface area contributed by atoms with Crippen LogP contribution in [0.15, 0.2) is 53.7 Å². The summed E-state index contributed by atoms with van der Waals surface area (Å²) in [6.45, 7) is 0.327. The third-order valence-electron chi connectivity index (χ3n) is 4.11. The Morgan fingerprint density at radius 1 is 1.10 bits per heavy atom. The van der Waals surface area contributed by atoms with Crippen LogP contribution in [0.25, 0.3) is 16.3 Å². The van der Waals surface area contributed by atoms with E-state index in [-0.39, 0.29) is 5.82 Å². The molecule has 0 unspecified atom stereocenters. The molecule has 0 radical (unpaired) electrons. The summed E-state index contributed by atoms with van der Waals surface area (Å²) >= 11 is 1.23. The number of hydrogen-bond donors (Lipinski definition) is 0. The normalized spacial score (nSPS) is 11.8. The third kappa shape index (κ3) is 3.79. The predicted octanol–water partition coefficient (Wildman–Crippen LogP) is 3.38. The Kier molecular flexibility index (Phi) is 4.54. The molecule has 0 saturated heterocycles. The van der Waals surface area contributed by atoms with E-state index < -0.39 is 12.1 Å². The molecule has 0 aliphatic carbocycles. The van der Waals surface area contributed by atoms with E-state index in [1.807, 2.05) is 0 Å². The van der Waals surface area contributed by atoms with E-state index in [1.165, 1.54) is 22.2 Å². The zero-order chi connectivity index (χ0) is 21.4. The van der Waals surface area contributed by atoms with E-state index in [2.05, 4.69) is 39.9 Å². The van der Waals surface area contributed by atoms with Crippen molar-refractivity contribution < 1.29 is 17.7 Å². The molecule has 0 spiro atoms. The van der Waals surface area contributed by atoms with E-state index >= 15 is 0 Å². The van der Waals surface area contributed by atoms with Crippen molar-refractivity contribution in [2.24, 2.45) is 0 Å². The summed E-state index contributed by atoms with van der Waals surface area (Å²) in [7, 11) is 0. The summed E-state index contributed by atoms with van der Waals surface area (Å²) in [6.07, 6.45) is 1.47. The molecule has 14 heteroatoms. The van der Waals surface area contributed by atoms with Gasteiger partial charge in [-0.3, -0.25) is 4.98 Å². The number of halogens is 3. The summed E-state index contributed by atoms with van der Waals surface area (Å²) in [6, 6.07) is 6.93. The number of anilines is 2. The van der Waals surface area contributed by atoms with Crippen LogP contribution in [-0.2, 0) is 12.7 Å². The van der Waals surface area contributed by atoms with Crippen LogP contribution >= 0.6 is 11.3 Å². The minimum Gasteiger partial charge on any atom is -0.329 e. The Hall–Kier alpha value is -3.94. The molecular formula is C17H10F3N9OS. The highest BCUT2D eigenvalue weighted by Gasteiger charge is 2.38. The zero-order valence-corrected chi connectivity index (χ0v) is 16.1. The molecule has 0 N–H and O–H groups in total. The van der Waals surface area contributed by atoms with Crippen LogP contribution in [0.2, 0.25) is 0 Å². The van der Waals surface area contributed by atoms with E-state index in [1.54, 1.807) is 47.8 Å². The van der Waals surface area contributed by atoms with E-state index in [0.29, 0.717) is 28.7 Å². The summed E-state index contributed by atoms with van der Waals surface area (Å²) < 4.78 is 44.0. The van der Waals surface area contributed by atoms with Gasteiger partial charge in [-0.05, 0) is 24.3 Å². The minimum atomic E-state index is -4.69. The topological polar surface area (TPSA) is 111 Å². The lowest BCUT2D eigenvalue weighted by atomic mass is 10.3. The minimum absolute atomic E-state index is 0.126. The first-order valence-electron chi connectivity index (χ1n) is 8.68. The van der Waals surface area contributed by atoms with Crippen molar-refractivity contribution in [2.75, 3.05) is 4.90 Å². The van der Waals surface area contributed by atoms with Crippen LogP contribution in [0.1, 0.15) is 10.8 Å². The summed E-state index contributed by atoms with van der Waals surface area (Å²) in [4.78, 5) is 14.9. The Morgan fingerprint density at radius 2 is 2.00 bits per heavy atom. The lowest BCUT2D eigenvalue weighted by Crippen LogP contribution is -2.19. The van der Waals surface area contributed by atoms with E-state index in [4.69, 9.17) is 0 Å². The van der Waals surface area contributed by atoms with Crippen molar-refractivity contribution in [3.8, 4) is 10.7 Å². The van der Waals surface area contributed by atoms with Crippen molar-refractivity contribution in [1.29, 1.82) is 0 Å². The molecule has 0 atom stereocenters. The standard InChI is InChI=1S/C17H10F3N9OS/c18-17(19,20)16-24-15(27-30-16)11-2-1-10(31-11)8-28(14-7-21-5-6-22-14)13-4-3-12-25-23-9-29(12)26-13/h1-7,9H,8H2. The first-order chi connectivity index (χ1) is 15.0. The van der Waals surface area contributed by atoms with Gasteiger partial charge < -0.3 is 9.42 Å². The highest BCUT2D eigenvalue weighted by molar-refractivity contribution is 7.15. The molecule has 0 bridgehead atoms. The van der Waals surface area contributed by atoms with Gasteiger partial charge in [0.1, 0.15) is 6.33 Å². The van der Waals surface area contributed by atoms with Gasteiger partial charge in [-0.15, -0.1) is 26.6 Å². The molecule has 0 saturated carbocycles. The molecule has 10 nitrogen and oxygen atoms in total. The summed E-state index contributed by atoms with van der Waals surface area (Å²) in [5.41, 5.74) is 0.582. The van der Waals surface area contributed by atoms with Gasteiger partial charge in [-0.2, -0.15) is 22.7 Å². The molecule has 5 aromatic rings. The number of alkyl halides is 3. The first-order valence-corrected chi connectivity index (χ1v) is 9.50. The molecule has 5 rings (SSSR count). The fraction of sp³-hybridized carbons (Fsp3) is 0.118. The third-order valence-corrected chi connectivity index (χ3v) is 5.18. The Bertz CT molecular complexity index is 1330. The van der Waals surface area contributed by atoms with Gasteiger partial charge in [0, 0.05) is 17.3 Å². The lowest BCUT2D eigenvalue weighted by molar-refractivity contribution is -0.159. The van der Waals surface area contributed by atoms with E-state index in [0.717, 1.165) is 4.88 Å². The Morgan fingerprint density at radius 3 is 2.77 bits per heavy atom. The van der Waals surface area contributed by atoms with E-state index in [9.17, 15) is 13.2 Å². The number of hydrogen-bond acceptors (Lipinski definition) is 10. The second kappa shape index (κ2) is 7.39. The molecule has 5 aromatic heterocycles. The van der Waals surface area contributed by atoms with Crippen molar-refractivity contribution in [3.63, 3.8) is 0 Å². The van der Waals surface area contributed by atoms with Crippen LogP contribution in [0, 0.1) is 0 Å². The van der Waals surface area contributed by atoms with Crippen LogP contribution in [-0.4, -0.2) is 39.9 Å². The van der Waals surface area contributed by atoms with Crippen molar-refractivity contribution in [3.05, 3.63) is 60.0 Å². The molecule has 0 amide bonds. The SMILES string of the molecule is FC(F)(F)c1nc(-c2ccc(CN(c3cnccn3)c3ccc4nncn4n3)s2)no1. The maximum Gasteiger partial charge on any atom is 0.471 e. The first kappa shape index (κ1) is 19.0. The average Bonchev–Trinajstić information content (AvgIpc) is 3.51. The smallest absolute Gasteiger partial charge is 0.329 e. The van der Waals surface area contributed by atoms with Gasteiger partial charge in [0.25, 0.3) is 0 Å². The monoisotopic (exact) mass is 445 g/mol. The maximum atomic E-state index is 12.7. The number of aromatic nitrogens is 8. The lowest BCUT2D eigenvalue weighted by Gasteiger charge is -2.21. The number of fused-ring (bicyclic) bond motifs is 1.